The Labute approximate surface area is 132 Å². The molecule has 2 aromatic rings. The summed E-state index contributed by atoms with van der Waals surface area (Å²) in [6, 6.07) is 9.38. The summed E-state index contributed by atoms with van der Waals surface area (Å²) in [6.07, 6.45) is 1.72. The van der Waals surface area contributed by atoms with Crippen LogP contribution in [0.3, 0.4) is 0 Å². The van der Waals surface area contributed by atoms with E-state index in [1.165, 1.54) is 5.56 Å². The quantitative estimate of drug-likeness (QED) is 0.894. The maximum Gasteiger partial charge on any atom is 0.256 e. The molecule has 2 N–H and O–H groups in total. The first-order valence-corrected chi connectivity index (χ1v) is 7.37. The van der Waals surface area contributed by atoms with Crippen LogP contribution in [0.5, 0.6) is 0 Å². The third-order valence-electron chi connectivity index (χ3n) is 3.29. The predicted octanol–water partition coefficient (Wildman–Crippen LogP) is 4.16. The lowest BCUT2D eigenvalue weighted by molar-refractivity contribution is 0.102. The minimum absolute atomic E-state index is 0.0220. The summed E-state index contributed by atoms with van der Waals surface area (Å²) in [5.41, 5.74) is 3.82. The van der Waals surface area contributed by atoms with Gasteiger partial charge in [-0.25, -0.2) is 4.98 Å². The largest absolute Gasteiger partial charge is 0.379 e. The van der Waals surface area contributed by atoms with Crippen LogP contribution in [-0.2, 0) is 0 Å². The number of carbonyl (C=O) groups is 1. The van der Waals surface area contributed by atoms with E-state index in [0.717, 1.165) is 11.3 Å². The van der Waals surface area contributed by atoms with Crippen LogP contribution in [-0.4, -0.2) is 16.4 Å². The average molecular weight is 297 g/mol. The third-order valence-corrected chi connectivity index (χ3v) is 3.29. The number of aryl methyl sites for hydroxylation is 2. The summed E-state index contributed by atoms with van der Waals surface area (Å²) >= 11 is 0. The molecule has 1 aromatic carbocycles. The number of carbonyl (C=O) groups excluding carboxylic acids is 1. The van der Waals surface area contributed by atoms with Gasteiger partial charge < -0.3 is 10.6 Å². The molecule has 116 valence electrons. The van der Waals surface area contributed by atoms with Gasteiger partial charge in [0.1, 0.15) is 5.82 Å². The fourth-order valence-corrected chi connectivity index (χ4v) is 2.05. The Morgan fingerprint density at radius 2 is 1.77 bits per heavy atom. The van der Waals surface area contributed by atoms with Gasteiger partial charge in [-0.2, -0.15) is 0 Å². The van der Waals surface area contributed by atoms with Crippen LogP contribution in [0.1, 0.15) is 42.3 Å². The molecule has 0 fully saturated rings. The molecule has 0 bridgehead atoms. The second-order valence-electron chi connectivity index (χ2n) is 6.56. The fourth-order valence-electron chi connectivity index (χ4n) is 2.05. The second-order valence-corrected chi connectivity index (χ2v) is 6.56. The Morgan fingerprint density at radius 3 is 2.32 bits per heavy atom. The SMILES string of the molecule is Cc1ccc(C(=O)Nc2ccc(NC(C)(C)C)cn2)cc1C. The molecule has 4 nitrogen and oxygen atoms in total. The average Bonchev–Trinajstić information content (AvgIpc) is 2.42. The van der Waals surface area contributed by atoms with Crippen molar-refractivity contribution in [2.24, 2.45) is 0 Å². The van der Waals surface area contributed by atoms with Gasteiger partial charge in [0.05, 0.1) is 11.9 Å². The standard InChI is InChI=1S/C18H23N3O/c1-12-6-7-14(10-13(12)2)17(22)20-16-9-8-15(11-19-16)21-18(3,4)5/h6-11,21H,1-5H3,(H,19,20,22). The number of hydrogen-bond acceptors (Lipinski definition) is 3. The first-order chi connectivity index (χ1) is 10.2. The van der Waals surface area contributed by atoms with Gasteiger partial charge in [-0.3, -0.25) is 4.79 Å². The zero-order valence-electron chi connectivity index (χ0n) is 13.8. The second kappa shape index (κ2) is 6.18. The van der Waals surface area contributed by atoms with Crippen molar-refractivity contribution in [2.75, 3.05) is 10.6 Å². The van der Waals surface area contributed by atoms with Crippen LogP contribution in [0.25, 0.3) is 0 Å². The molecule has 0 aliphatic rings. The fraction of sp³-hybridized carbons (Fsp3) is 0.333. The predicted molar refractivity (Wildman–Crippen MR) is 91.5 cm³/mol. The highest BCUT2D eigenvalue weighted by molar-refractivity contribution is 6.03. The zero-order chi connectivity index (χ0) is 16.3. The molecule has 0 spiro atoms. The van der Waals surface area contributed by atoms with E-state index in [1.807, 2.05) is 38.1 Å². The number of hydrogen-bond donors (Lipinski definition) is 2. The molecule has 0 unspecified atom stereocenters. The molecular weight excluding hydrogens is 274 g/mol. The van der Waals surface area contributed by atoms with Crippen LogP contribution in [0.15, 0.2) is 36.5 Å². The Bertz CT molecular complexity index is 670. The van der Waals surface area contributed by atoms with Gasteiger partial charge in [-0.15, -0.1) is 0 Å². The molecule has 2 rings (SSSR count). The Balaban J connectivity index is 2.07. The van der Waals surface area contributed by atoms with Gasteiger partial charge in [0.2, 0.25) is 0 Å². The van der Waals surface area contributed by atoms with Crippen molar-refractivity contribution in [3.05, 3.63) is 53.2 Å². The molecule has 0 atom stereocenters. The van der Waals surface area contributed by atoms with Crippen LogP contribution in [0.4, 0.5) is 11.5 Å². The lowest BCUT2D eigenvalue weighted by atomic mass is 10.1. The molecule has 22 heavy (non-hydrogen) atoms. The Kier molecular flexibility index (Phi) is 4.50. The molecule has 0 aliphatic heterocycles. The van der Waals surface area contributed by atoms with Crippen molar-refractivity contribution in [1.29, 1.82) is 0 Å². The topological polar surface area (TPSA) is 54.0 Å². The van der Waals surface area contributed by atoms with E-state index in [-0.39, 0.29) is 11.4 Å². The van der Waals surface area contributed by atoms with E-state index in [4.69, 9.17) is 0 Å². The molecule has 0 radical (unpaired) electrons. The summed E-state index contributed by atoms with van der Waals surface area (Å²) in [5, 5.41) is 6.15. The molecule has 1 amide bonds. The summed E-state index contributed by atoms with van der Waals surface area (Å²) in [5.74, 6) is 0.398. The van der Waals surface area contributed by atoms with Gasteiger partial charge in [0.25, 0.3) is 5.91 Å². The molecule has 4 heteroatoms. The highest BCUT2D eigenvalue weighted by atomic mass is 16.1. The highest BCUT2D eigenvalue weighted by Crippen LogP contribution is 2.16. The van der Waals surface area contributed by atoms with Gasteiger partial charge in [0.15, 0.2) is 0 Å². The maximum absolute atomic E-state index is 12.2. The van der Waals surface area contributed by atoms with Crippen molar-refractivity contribution in [1.82, 2.24) is 4.98 Å². The van der Waals surface area contributed by atoms with Crippen LogP contribution < -0.4 is 10.6 Å². The minimum atomic E-state index is -0.146. The number of nitrogens with zero attached hydrogens (tertiary/aromatic N) is 1. The van der Waals surface area contributed by atoms with Gasteiger partial charge >= 0.3 is 0 Å². The number of aromatic nitrogens is 1. The smallest absolute Gasteiger partial charge is 0.256 e. The first kappa shape index (κ1) is 16.0. The summed E-state index contributed by atoms with van der Waals surface area (Å²) in [4.78, 5) is 16.5. The molecule has 0 aliphatic carbocycles. The van der Waals surface area contributed by atoms with Crippen molar-refractivity contribution >= 4 is 17.4 Å². The molecule has 0 saturated carbocycles. The molecule has 1 heterocycles. The highest BCUT2D eigenvalue weighted by Gasteiger charge is 2.10. The minimum Gasteiger partial charge on any atom is -0.379 e. The zero-order valence-corrected chi connectivity index (χ0v) is 13.8. The van der Waals surface area contributed by atoms with Crippen molar-refractivity contribution in [3.8, 4) is 0 Å². The Hall–Kier alpha value is -2.36. The first-order valence-electron chi connectivity index (χ1n) is 7.37. The normalized spacial score (nSPS) is 11.1. The summed E-state index contributed by atoms with van der Waals surface area (Å²) in [6.45, 7) is 10.3. The number of rotatable bonds is 3. The molecule has 1 aromatic heterocycles. The van der Waals surface area contributed by atoms with Crippen LogP contribution >= 0.6 is 0 Å². The molecule has 0 saturated heterocycles. The number of pyridine rings is 1. The monoisotopic (exact) mass is 297 g/mol. The van der Waals surface area contributed by atoms with E-state index >= 15 is 0 Å². The summed E-state index contributed by atoms with van der Waals surface area (Å²) < 4.78 is 0. The van der Waals surface area contributed by atoms with E-state index in [9.17, 15) is 4.79 Å². The van der Waals surface area contributed by atoms with Gasteiger partial charge in [-0.05, 0) is 70.0 Å². The van der Waals surface area contributed by atoms with Crippen LogP contribution in [0, 0.1) is 13.8 Å². The number of benzene rings is 1. The van der Waals surface area contributed by atoms with Crippen LogP contribution in [0.2, 0.25) is 0 Å². The van der Waals surface area contributed by atoms with E-state index in [0.29, 0.717) is 11.4 Å². The summed E-state index contributed by atoms with van der Waals surface area (Å²) in [7, 11) is 0. The number of nitrogens with one attached hydrogen (secondary N) is 2. The van der Waals surface area contributed by atoms with E-state index < -0.39 is 0 Å². The lowest BCUT2D eigenvalue weighted by Crippen LogP contribution is -2.26. The molecular formula is C18H23N3O. The number of anilines is 2. The lowest BCUT2D eigenvalue weighted by Gasteiger charge is -2.21. The van der Waals surface area contributed by atoms with Crippen molar-refractivity contribution in [3.63, 3.8) is 0 Å². The van der Waals surface area contributed by atoms with Gasteiger partial charge in [0, 0.05) is 11.1 Å². The Morgan fingerprint density at radius 1 is 1.05 bits per heavy atom. The number of amides is 1. The van der Waals surface area contributed by atoms with Crippen molar-refractivity contribution < 1.29 is 4.79 Å². The van der Waals surface area contributed by atoms with Gasteiger partial charge in [-0.1, -0.05) is 6.07 Å². The van der Waals surface area contributed by atoms with Crippen molar-refractivity contribution in [2.45, 2.75) is 40.2 Å². The third kappa shape index (κ3) is 4.32. The van der Waals surface area contributed by atoms with E-state index in [2.05, 4.69) is 36.4 Å². The van der Waals surface area contributed by atoms with E-state index in [1.54, 1.807) is 12.3 Å². The maximum atomic E-state index is 12.2.